The van der Waals surface area contributed by atoms with Crippen LogP contribution in [0.4, 0.5) is 10.5 Å². The van der Waals surface area contributed by atoms with Crippen LogP contribution in [0.25, 0.3) is 0 Å². The molecule has 2 aromatic rings. The van der Waals surface area contributed by atoms with Crippen LogP contribution in [0.3, 0.4) is 0 Å². The van der Waals surface area contributed by atoms with E-state index in [0.717, 1.165) is 17.0 Å². The molecule has 5 nitrogen and oxygen atoms in total. The van der Waals surface area contributed by atoms with Crippen molar-refractivity contribution in [2.45, 2.75) is 6.92 Å². The number of ether oxygens (including phenoxy) is 1. The van der Waals surface area contributed by atoms with Crippen molar-refractivity contribution >= 4 is 11.7 Å². The molecule has 5 heteroatoms. The van der Waals surface area contributed by atoms with Crippen LogP contribution >= 0.6 is 0 Å². The van der Waals surface area contributed by atoms with E-state index in [-0.39, 0.29) is 6.03 Å². The second kappa shape index (κ2) is 7.28. The molecule has 0 bridgehead atoms. The second-order valence-electron chi connectivity index (χ2n) is 4.70. The number of carbonyl (C=O) groups excluding carboxylic acids is 1. The standard InChI is InChI=1S/C16H19N3O2/c1-13-5-3-4-6-15(13)21-12-11-19(2)16(20)18-14-7-9-17-10-8-14/h3-10H,11-12H2,1-2H3,(H,17,18,20). The summed E-state index contributed by atoms with van der Waals surface area (Å²) >= 11 is 0. The Balaban J connectivity index is 1.78. The van der Waals surface area contributed by atoms with E-state index >= 15 is 0 Å². The monoisotopic (exact) mass is 285 g/mol. The lowest BCUT2D eigenvalue weighted by Gasteiger charge is -2.18. The molecule has 2 amide bonds. The number of urea groups is 1. The van der Waals surface area contributed by atoms with Gasteiger partial charge in [0.05, 0.1) is 6.54 Å². The number of nitrogens with zero attached hydrogens (tertiary/aromatic N) is 2. The lowest BCUT2D eigenvalue weighted by Crippen LogP contribution is -2.34. The van der Waals surface area contributed by atoms with Gasteiger partial charge in [-0.1, -0.05) is 18.2 Å². The number of amides is 2. The largest absolute Gasteiger partial charge is 0.491 e. The van der Waals surface area contributed by atoms with Gasteiger partial charge in [0.1, 0.15) is 12.4 Å². The van der Waals surface area contributed by atoms with Crippen molar-refractivity contribution in [3.8, 4) is 5.75 Å². The Labute approximate surface area is 124 Å². The average molecular weight is 285 g/mol. The first-order chi connectivity index (χ1) is 10.2. The number of nitrogens with one attached hydrogen (secondary N) is 1. The third-order valence-electron chi connectivity index (χ3n) is 3.06. The minimum Gasteiger partial charge on any atom is -0.491 e. The zero-order chi connectivity index (χ0) is 15.1. The number of hydrogen-bond acceptors (Lipinski definition) is 3. The number of carbonyl (C=O) groups is 1. The smallest absolute Gasteiger partial charge is 0.321 e. The Morgan fingerprint density at radius 2 is 1.95 bits per heavy atom. The van der Waals surface area contributed by atoms with Gasteiger partial charge in [0.15, 0.2) is 0 Å². The maximum atomic E-state index is 12.0. The zero-order valence-electron chi connectivity index (χ0n) is 12.2. The van der Waals surface area contributed by atoms with Crippen molar-refractivity contribution in [1.29, 1.82) is 0 Å². The van der Waals surface area contributed by atoms with Crippen LogP contribution < -0.4 is 10.1 Å². The van der Waals surface area contributed by atoms with Crippen LogP contribution in [-0.4, -0.2) is 36.1 Å². The molecule has 0 aliphatic heterocycles. The molecule has 0 atom stereocenters. The van der Waals surface area contributed by atoms with E-state index in [9.17, 15) is 4.79 Å². The third-order valence-corrected chi connectivity index (χ3v) is 3.06. The van der Waals surface area contributed by atoms with Gasteiger partial charge in [-0.05, 0) is 30.7 Å². The highest BCUT2D eigenvalue weighted by atomic mass is 16.5. The fraction of sp³-hybridized carbons (Fsp3) is 0.250. The Hall–Kier alpha value is -2.56. The van der Waals surface area contributed by atoms with E-state index in [1.165, 1.54) is 0 Å². The molecule has 0 unspecified atom stereocenters. The molecule has 110 valence electrons. The first-order valence-corrected chi connectivity index (χ1v) is 6.77. The van der Waals surface area contributed by atoms with Crippen molar-refractivity contribution in [3.05, 3.63) is 54.4 Å². The van der Waals surface area contributed by atoms with E-state index in [2.05, 4.69) is 10.3 Å². The van der Waals surface area contributed by atoms with Gasteiger partial charge < -0.3 is 15.0 Å². The molecule has 0 saturated heterocycles. The van der Waals surface area contributed by atoms with Gasteiger partial charge in [0.25, 0.3) is 0 Å². The fourth-order valence-corrected chi connectivity index (χ4v) is 1.77. The van der Waals surface area contributed by atoms with Crippen molar-refractivity contribution in [3.63, 3.8) is 0 Å². The van der Waals surface area contributed by atoms with Crippen LogP contribution in [0.2, 0.25) is 0 Å². The summed E-state index contributed by atoms with van der Waals surface area (Å²) in [6.07, 6.45) is 3.27. The quantitative estimate of drug-likeness (QED) is 0.919. The molecule has 0 fully saturated rings. The minimum atomic E-state index is -0.172. The second-order valence-corrected chi connectivity index (χ2v) is 4.70. The van der Waals surface area contributed by atoms with Crippen LogP contribution in [0.5, 0.6) is 5.75 Å². The van der Waals surface area contributed by atoms with Gasteiger partial charge in [-0.15, -0.1) is 0 Å². The topological polar surface area (TPSA) is 54.5 Å². The summed E-state index contributed by atoms with van der Waals surface area (Å²) in [5.41, 5.74) is 1.81. The fourth-order valence-electron chi connectivity index (χ4n) is 1.77. The first kappa shape index (κ1) is 14.8. The van der Waals surface area contributed by atoms with E-state index in [1.807, 2.05) is 31.2 Å². The molecule has 0 aliphatic rings. The molecule has 0 saturated carbocycles. The number of para-hydroxylation sites is 1. The number of aryl methyl sites for hydroxylation is 1. The van der Waals surface area contributed by atoms with Gasteiger partial charge >= 0.3 is 6.03 Å². The number of pyridine rings is 1. The van der Waals surface area contributed by atoms with Crippen molar-refractivity contribution in [2.75, 3.05) is 25.5 Å². The van der Waals surface area contributed by atoms with Crippen molar-refractivity contribution in [1.82, 2.24) is 9.88 Å². The van der Waals surface area contributed by atoms with Gasteiger partial charge in [-0.25, -0.2) is 4.79 Å². The average Bonchev–Trinajstić information content (AvgIpc) is 2.50. The van der Waals surface area contributed by atoms with E-state index in [0.29, 0.717) is 13.2 Å². The van der Waals surface area contributed by atoms with E-state index < -0.39 is 0 Å². The Kier molecular flexibility index (Phi) is 5.15. The molecule has 1 N–H and O–H groups in total. The molecule has 2 rings (SSSR count). The van der Waals surface area contributed by atoms with Crippen LogP contribution in [0.15, 0.2) is 48.8 Å². The van der Waals surface area contributed by atoms with Gasteiger partial charge in [-0.3, -0.25) is 4.98 Å². The molecule has 1 aromatic heterocycles. The minimum absolute atomic E-state index is 0.172. The highest BCUT2D eigenvalue weighted by Crippen LogP contribution is 2.15. The summed E-state index contributed by atoms with van der Waals surface area (Å²) in [7, 11) is 1.73. The number of hydrogen-bond donors (Lipinski definition) is 1. The summed E-state index contributed by atoms with van der Waals surface area (Å²) in [5, 5.41) is 2.79. The summed E-state index contributed by atoms with van der Waals surface area (Å²) in [5.74, 6) is 0.848. The van der Waals surface area contributed by atoms with Crippen molar-refractivity contribution < 1.29 is 9.53 Å². The van der Waals surface area contributed by atoms with Gasteiger partial charge in [-0.2, -0.15) is 0 Å². The molecule has 1 aromatic carbocycles. The maximum absolute atomic E-state index is 12.0. The predicted octanol–water partition coefficient (Wildman–Crippen LogP) is 2.93. The lowest BCUT2D eigenvalue weighted by molar-refractivity contribution is 0.207. The number of anilines is 1. The summed E-state index contributed by atoms with van der Waals surface area (Å²) in [6, 6.07) is 11.1. The predicted molar refractivity (Wildman–Crippen MR) is 82.6 cm³/mol. The van der Waals surface area contributed by atoms with Crippen LogP contribution in [0.1, 0.15) is 5.56 Å². The number of likely N-dealkylation sites (N-methyl/N-ethyl adjacent to an activating group) is 1. The zero-order valence-corrected chi connectivity index (χ0v) is 12.2. The highest BCUT2D eigenvalue weighted by Gasteiger charge is 2.08. The maximum Gasteiger partial charge on any atom is 0.321 e. The number of benzene rings is 1. The number of rotatable bonds is 5. The third kappa shape index (κ3) is 4.49. The Morgan fingerprint density at radius 1 is 1.24 bits per heavy atom. The normalized spacial score (nSPS) is 10.0. The number of aromatic nitrogens is 1. The summed E-state index contributed by atoms with van der Waals surface area (Å²) in [4.78, 5) is 17.4. The molecule has 0 aliphatic carbocycles. The van der Waals surface area contributed by atoms with Gasteiger partial charge in [0.2, 0.25) is 0 Å². The van der Waals surface area contributed by atoms with Crippen LogP contribution in [-0.2, 0) is 0 Å². The van der Waals surface area contributed by atoms with Crippen molar-refractivity contribution in [2.24, 2.45) is 0 Å². The molecule has 0 radical (unpaired) electrons. The lowest BCUT2D eigenvalue weighted by atomic mass is 10.2. The summed E-state index contributed by atoms with van der Waals surface area (Å²) in [6.45, 7) is 2.95. The molecule has 1 heterocycles. The molecular formula is C16H19N3O2. The van der Waals surface area contributed by atoms with E-state index in [4.69, 9.17) is 4.74 Å². The highest BCUT2D eigenvalue weighted by molar-refractivity contribution is 5.88. The molecule has 0 spiro atoms. The molecule has 21 heavy (non-hydrogen) atoms. The van der Waals surface area contributed by atoms with Gasteiger partial charge in [0, 0.05) is 25.1 Å². The summed E-state index contributed by atoms with van der Waals surface area (Å²) < 4.78 is 5.68. The Morgan fingerprint density at radius 3 is 2.67 bits per heavy atom. The Bertz CT molecular complexity index is 587. The first-order valence-electron chi connectivity index (χ1n) is 6.77. The molecular weight excluding hydrogens is 266 g/mol. The van der Waals surface area contributed by atoms with E-state index in [1.54, 1.807) is 36.5 Å². The van der Waals surface area contributed by atoms with Crippen LogP contribution in [0, 0.1) is 6.92 Å². The SMILES string of the molecule is Cc1ccccc1OCCN(C)C(=O)Nc1ccncc1.